The molecule has 0 amide bonds. The van der Waals surface area contributed by atoms with E-state index in [-0.39, 0.29) is 0 Å². The van der Waals surface area contributed by atoms with Gasteiger partial charge >= 0.3 is 0 Å². The van der Waals surface area contributed by atoms with E-state index in [1.165, 1.54) is 5.56 Å². The molecule has 1 aromatic carbocycles. The maximum atomic E-state index is 6.23. The van der Waals surface area contributed by atoms with E-state index >= 15 is 0 Å². The topological polar surface area (TPSA) is 25.8 Å². The van der Waals surface area contributed by atoms with Crippen LogP contribution < -0.4 is 0 Å². The monoisotopic (exact) mass is 258 g/mol. The van der Waals surface area contributed by atoms with Crippen LogP contribution in [-0.4, -0.2) is 9.97 Å². The number of aromatic nitrogens is 2. The van der Waals surface area contributed by atoms with Gasteiger partial charge in [0.25, 0.3) is 0 Å². The molecule has 1 aliphatic rings. The van der Waals surface area contributed by atoms with Crippen molar-refractivity contribution >= 4 is 11.6 Å². The second-order valence-corrected chi connectivity index (χ2v) is 5.03. The molecule has 3 rings (SSSR count). The molecule has 92 valence electrons. The summed E-state index contributed by atoms with van der Waals surface area (Å²) >= 11 is 6.23. The van der Waals surface area contributed by atoms with Gasteiger partial charge in [0.15, 0.2) is 5.82 Å². The minimum Gasteiger partial charge on any atom is -0.233 e. The van der Waals surface area contributed by atoms with E-state index in [1.807, 2.05) is 0 Å². The fourth-order valence-corrected chi connectivity index (χ4v) is 2.69. The molecule has 2 aromatic rings. The van der Waals surface area contributed by atoms with Crippen molar-refractivity contribution in [1.29, 1.82) is 0 Å². The summed E-state index contributed by atoms with van der Waals surface area (Å²) in [6.45, 7) is 2.15. The summed E-state index contributed by atoms with van der Waals surface area (Å²) in [5, 5.41) is 0.632. The number of nitrogens with zero attached hydrogens (tertiary/aromatic N) is 2. The predicted octanol–water partition coefficient (Wildman–Crippen LogP) is 3.85. The number of rotatable bonds is 2. The lowest BCUT2D eigenvalue weighted by Crippen LogP contribution is -1.97. The van der Waals surface area contributed by atoms with E-state index in [4.69, 9.17) is 11.6 Å². The van der Waals surface area contributed by atoms with Gasteiger partial charge in [0.1, 0.15) is 5.15 Å². The summed E-state index contributed by atoms with van der Waals surface area (Å²) < 4.78 is 0. The maximum absolute atomic E-state index is 6.23. The normalized spacial score (nSPS) is 13.7. The first-order valence-electron chi connectivity index (χ1n) is 6.42. The molecule has 0 spiro atoms. The van der Waals surface area contributed by atoms with Crippen molar-refractivity contribution in [3.05, 3.63) is 46.2 Å². The second kappa shape index (κ2) is 4.69. The smallest absolute Gasteiger partial charge is 0.161 e. The SMILES string of the molecule is CCc1ccc(-c2nc(Cl)c3c(n2)CCC3)cc1. The molecule has 0 fully saturated rings. The standard InChI is InChI=1S/C15H15ClN2/c1-2-10-6-8-11(9-7-10)15-17-13-5-3-4-12(13)14(16)18-15/h6-9H,2-5H2,1H3. The largest absolute Gasteiger partial charge is 0.233 e. The Morgan fingerprint density at radius 1 is 1.11 bits per heavy atom. The maximum Gasteiger partial charge on any atom is 0.161 e. The number of aryl methyl sites for hydroxylation is 2. The Balaban J connectivity index is 2.03. The molecule has 2 nitrogen and oxygen atoms in total. The zero-order chi connectivity index (χ0) is 12.5. The zero-order valence-corrected chi connectivity index (χ0v) is 11.2. The molecule has 0 saturated heterocycles. The van der Waals surface area contributed by atoms with Crippen molar-refractivity contribution in [3.8, 4) is 11.4 Å². The van der Waals surface area contributed by atoms with Gasteiger partial charge in [-0.3, -0.25) is 0 Å². The minimum atomic E-state index is 0.632. The third-order valence-electron chi connectivity index (χ3n) is 3.50. The molecule has 0 N–H and O–H groups in total. The van der Waals surface area contributed by atoms with E-state index in [1.54, 1.807) is 0 Å². The summed E-state index contributed by atoms with van der Waals surface area (Å²) in [5.74, 6) is 0.753. The Morgan fingerprint density at radius 3 is 2.61 bits per heavy atom. The number of hydrogen-bond donors (Lipinski definition) is 0. The molecule has 0 aliphatic heterocycles. The molecule has 3 heteroatoms. The van der Waals surface area contributed by atoms with Crippen LogP contribution in [0.25, 0.3) is 11.4 Å². The first-order chi connectivity index (χ1) is 8.78. The number of halogens is 1. The molecule has 1 aliphatic carbocycles. The molecule has 0 atom stereocenters. The van der Waals surface area contributed by atoms with Crippen molar-refractivity contribution in [2.45, 2.75) is 32.6 Å². The lowest BCUT2D eigenvalue weighted by atomic mass is 10.1. The second-order valence-electron chi connectivity index (χ2n) is 4.67. The third-order valence-corrected chi connectivity index (χ3v) is 3.82. The van der Waals surface area contributed by atoms with Gasteiger partial charge in [-0.15, -0.1) is 0 Å². The highest BCUT2D eigenvalue weighted by Gasteiger charge is 2.18. The van der Waals surface area contributed by atoms with Gasteiger partial charge in [-0.05, 0) is 31.2 Å². The zero-order valence-electron chi connectivity index (χ0n) is 10.4. The van der Waals surface area contributed by atoms with E-state index in [0.717, 1.165) is 48.3 Å². The fourth-order valence-electron chi connectivity index (χ4n) is 2.41. The molecule has 1 heterocycles. The average molecular weight is 259 g/mol. The van der Waals surface area contributed by atoms with E-state index in [0.29, 0.717) is 5.15 Å². The van der Waals surface area contributed by atoms with Gasteiger partial charge < -0.3 is 0 Å². The molecule has 0 unspecified atom stereocenters. The molecular weight excluding hydrogens is 244 g/mol. The van der Waals surface area contributed by atoms with Crippen molar-refractivity contribution in [2.24, 2.45) is 0 Å². The molecule has 0 saturated carbocycles. The average Bonchev–Trinajstić information content (AvgIpc) is 2.88. The van der Waals surface area contributed by atoms with Crippen molar-refractivity contribution in [3.63, 3.8) is 0 Å². The lowest BCUT2D eigenvalue weighted by Gasteiger charge is -2.06. The summed E-state index contributed by atoms with van der Waals surface area (Å²) in [5.41, 5.74) is 4.64. The lowest BCUT2D eigenvalue weighted by molar-refractivity contribution is 0.900. The highest BCUT2D eigenvalue weighted by Crippen LogP contribution is 2.28. The minimum absolute atomic E-state index is 0.632. The highest BCUT2D eigenvalue weighted by molar-refractivity contribution is 6.30. The van der Waals surface area contributed by atoms with Crippen LogP contribution in [0, 0.1) is 0 Å². The molecule has 0 bridgehead atoms. The van der Waals surface area contributed by atoms with Crippen LogP contribution in [0.1, 0.15) is 30.2 Å². The van der Waals surface area contributed by atoms with Crippen LogP contribution >= 0.6 is 11.6 Å². The third kappa shape index (κ3) is 2.01. The van der Waals surface area contributed by atoms with E-state index in [2.05, 4.69) is 41.2 Å². The van der Waals surface area contributed by atoms with Crippen LogP contribution in [0.2, 0.25) is 5.15 Å². The van der Waals surface area contributed by atoms with Crippen LogP contribution in [0.5, 0.6) is 0 Å². The molecular formula is C15H15ClN2. The first-order valence-corrected chi connectivity index (χ1v) is 6.80. The van der Waals surface area contributed by atoms with Gasteiger partial charge in [-0.2, -0.15) is 0 Å². The van der Waals surface area contributed by atoms with Crippen LogP contribution in [-0.2, 0) is 19.3 Å². The molecule has 1 aromatic heterocycles. The number of fused-ring (bicyclic) bond motifs is 1. The molecule has 18 heavy (non-hydrogen) atoms. The summed E-state index contributed by atoms with van der Waals surface area (Å²) in [6.07, 6.45) is 4.23. The highest BCUT2D eigenvalue weighted by atomic mass is 35.5. The van der Waals surface area contributed by atoms with Gasteiger partial charge in [0.05, 0.1) is 0 Å². The van der Waals surface area contributed by atoms with Crippen LogP contribution in [0.3, 0.4) is 0 Å². The number of benzene rings is 1. The fraction of sp³-hybridized carbons (Fsp3) is 0.333. The van der Waals surface area contributed by atoms with Gasteiger partial charge in [-0.25, -0.2) is 9.97 Å². The molecule has 0 radical (unpaired) electrons. The Hall–Kier alpha value is -1.41. The van der Waals surface area contributed by atoms with Gasteiger partial charge in [-0.1, -0.05) is 42.8 Å². The Labute approximate surface area is 112 Å². The Bertz CT molecular complexity index is 576. The van der Waals surface area contributed by atoms with E-state index in [9.17, 15) is 0 Å². The van der Waals surface area contributed by atoms with Crippen molar-refractivity contribution in [2.75, 3.05) is 0 Å². The summed E-state index contributed by atoms with van der Waals surface area (Å²) in [4.78, 5) is 9.07. The Morgan fingerprint density at radius 2 is 1.89 bits per heavy atom. The first kappa shape index (κ1) is 11.7. The predicted molar refractivity (Wildman–Crippen MR) is 73.9 cm³/mol. The van der Waals surface area contributed by atoms with Crippen molar-refractivity contribution < 1.29 is 0 Å². The quantitative estimate of drug-likeness (QED) is 0.765. The van der Waals surface area contributed by atoms with Crippen LogP contribution in [0.4, 0.5) is 0 Å². The van der Waals surface area contributed by atoms with Crippen LogP contribution in [0.15, 0.2) is 24.3 Å². The van der Waals surface area contributed by atoms with E-state index < -0.39 is 0 Å². The number of hydrogen-bond acceptors (Lipinski definition) is 2. The van der Waals surface area contributed by atoms with Gasteiger partial charge in [0.2, 0.25) is 0 Å². The van der Waals surface area contributed by atoms with Gasteiger partial charge in [0, 0.05) is 16.8 Å². The summed E-state index contributed by atoms with van der Waals surface area (Å²) in [7, 11) is 0. The Kier molecular flexibility index (Phi) is 3.04. The summed E-state index contributed by atoms with van der Waals surface area (Å²) in [6, 6.07) is 8.40. The van der Waals surface area contributed by atoms with Crippen molar-refractivity contribution in [1.82, 2.24) is 9.97 Å².